The molecule has 19 heavy (non-hydrogen) atoms. The Balaban J connectivity index is 1.81. The number of esters is 1. The Morgan fingerprint density at radius 1 is 1.47 bits per heavy atom. The Hall–Kier alpha value is -1.84. The van der Waals surface area contributed by atoms with E-state index in [9.17, 15) is 9.18 Å². The first-order valence-corrected chi connectivity index (χ1v) is 6.50. The Bertz CT molecular complexity index is 541. The zero-order valence-corrected chi connectivity index (χ0v) is 10.7. The normalized spacial score (nSPS) is 27.6. The van der Waals surface area contributed by atoms with Crippen LogP contribution in [0.3, 0.4) is 0 Å². The summed E-state index contributed by atoms with van der Waals surface area (Å²) in [6.45, 7) is 0. The fourth-order valence-corrected chi connectivity index (χ4v) is 3.01. The molecule has 2 aliphatic rings. The summed E-state index contributed by atoms with van der Waals surface area (Å²) in [6, 6.07) is 4.38. The summed E-state index contributed by atoms with van der Waals surface area (Å²) < 4.78 is 18.1. The van der Waals surface area contributed by atoms with Crippen LogP contribution < -0.4 is 5.32 Å². The molecule has 3 atom stereocenters. The average Bonchev–Trinajstić information content (AvgIpc) is 2.76. The zero-order valence-electron chi connectivity index (χ0n) is 10.7. The number of hydrogen-bond acceptors (Lipinski definition) is 3. The topological polar surface area (TPSA) is 38.3 Å². The van der Waals surface area contributed by atoms with Gasteiger partial charge >= 0.3 is 5.97 Å². The first-order chi connectivity index (χ1) is 9.19. The molecule has 1 aromatic carbocycles. The van der Waals surface area contributed by atoms with Gasteiger partial charge in [0, 0.05) is 12.0 Å². The Labute approximate surface area is 111 Å². The van der Waals surface area contributed by atoms with Gasteiger partial charge in [-0.25, -0.2) is 9.18 Å². The van der Waals surface area contributed by atoms with Crippen molar-refractivity contribution in [2.45, 2.75) is 18.9 Å². The van der Waals surface area contributed by atoms with Crippen LogP contribution in [0.1, 0.15) is 23.2 Å². The van der Waals surface area contributed by atoms with Crippen molar-refractivity contribution >= 4 is 11.7 Å². The number of rotatable bonds is 3. The predicted octanol–water partition coefficient (Wildman–Crippen LogP) is 2.99. The minimum Gasteiger partial charge on any atom is -0.465 e. The maximum absolute atomic E-state index is 13.3. The highest BCUT2D eigenvalue weighted by Gasteiger charge is 2.41. The molecule has 0 bridgehead atoms. The van der Waals surface area contributed by atoms with E-state index in [4.69, 9.17) is 4.74 Å². The molecule has 0 heterocycles. The molecule has 100 valence electrons. The third kappa shape index (κ3) is 2.11. The second-order valence-corrected chi connectivity index (χ2v) is 5.17. The molecule has 0 spiro atoms. The summed E-state index contributed by atoms with van der Waals surface area (Å²) in [7, 11) is 1.33. The fourth-order valence-electron chi connectivity index (χ4n) is 3.01. The molecule has 3 rings (SSSR count). The minimum atomic E-state index is -0.444. The lowest BCUT2D eigenvalue weighted by molar-refractivity contribution is 0.0601. The average molecular weight is 261 g/mol. The van der Waals surface area contributed by atoms with E-state index in [1.165, 1.54) is 25.3 Å². The molecule has 2 aliphatic carbocycles. The van der Waals surface area contributed by atoms with Crippen LogP contribution in [0.2, 0.25) is 0 Å². The lowest BCUT2D eigenvalue weighted by atomic mass is 9.71. The van der Waals surface area contributed by atoms with Crippen LogP contribution in [0.4, 0.5) is 10.1 Å². The number of hydrogen-bond donors (Lipinski definition) is 1. The Kier molecular flexibility index (Phi) is 3.01. The van der Waals surface area contributed by atoms with Gasteiger partial charge in [0.15, 0.2) is 0 Å². The van der Waals surface area contributed by atoms with Crippen LogP contribution >= 0.6 is 0 Å². The fraction of sp³-hybridized carbons (Fsp3) is 0.400. The van der Waals surface area contributed by atoms with Crippen molar-refractivity contribution in [1.82, 2.24) is 0 Å². The van der Waals surface area contributed by atoms with Gasteiger partial charge in [-0.1, -0.05) is 12.2 Å². The quantitative estimate of drug-likeness (QED) is 0.671. The summed E-state index contributed by atoms with van der Waals surface area (Å²) in [5.74, 6) is 0.426. The Morgan fingerprint density at radius 3 is 3.05 bits per heavy atom. The maximum atomic E-state index is 13.3. The number of carbonyl (C=O) groups excluding carboxylic acids is 1. The van der Waals surface area contributed by atoms with Crippen LogP contribution in [0.5, 0.6) is 0 Å². The zero-order chi connectivity index (χ0) is 13.4. The number of methoxy groups -OCH3 is 1. The van der Waals surface area contributed by atoms with E-state index in [0.29, 0.717) is 23.1 Å². The molecule has 3 unspecified atom stereocenters. The molecule has 4 heteroatoms. The number of fused-ring (bicyclic) bond motifs is 1. The standard InChI is InChI=1S/C15H16FNO2/c1-19-15(18)12-6-5-10(16)8-14(12)17-13-7-9-3-2-4-11(9)13/h2,4-6,8-9,11,13,17H,3,7H2,1H3. The van der Waals surface area contributed by atoms with Crippen LogP contribution in [0, 0.1) is 17.7 Å². The van der Waals surface area contributed by atoms with Crippen molar-refractivity contribution in [3.8, 4) is 0 Å². The summed E-state index contributed by atoms with van der Waals surface area (Å²) in [5.41, 5.74) is 0.907. The van der Waals surface area contributed by atoms with Gasteiger partial charge in [-0.3, -0.25) is 0 Å². The number of ether oxygens (including phenoxy) is 1. The second-order valence-electron chi connectivity index (χ2n) is 5.17. The van der Waals surface area contributed by atoms with Gasteiger partial charge in [-0.05, 0) is 37.0 Å². The van der Waals surface area contributed by atoms with Gasteiger partial charge in [0.1, 0.15) is 5.82 Å². The summed E-state index contributed by atoms with van der Waals surface area (Å²) in [6.07, 6.45) is 6.61. The highest BCUT2D eigenvalue weighted by Crippen LogP contribution is 2.44. The van der Waals surface area contributed by atoms with Crippen LogP contribution in [0.15, 0.2) is 30.4 Å². The Morgan fingerprint density at radius 2 is 2.32 bits per heavy atom. The molecular formula is C15H16FNO2. The van der Waals surface area contributed by atoms with E-state index in [1.54, 1.807) is 0 Å². The van der Waals surface area contributed by atoms with Crippen molar-refractivity contribution < 1.29 is 13.9 Å². The van der Waals surface area contributed by atoms with E-state index >= 15 is 0 Å². The molecule has 0 saturated heterocycles. The van der Waals surface area contributed by atoms with Crippen LogP contribution in [-0.4, -0.2) is 19.1 Å². The van der Waals surface area contributed by atoms with E-state index in [0.717, 1.165) is 12.8 Å². The lowest BCUT2D eigenvalue weighted by Gasteiger charge is -2.41. The number of allylic oxidation sites excluding steroid dienone is 1. The van der Waals surface area contributed by atoms with E-state index in [2.05, 4.69) is 17.5 Å². The third-order valence-corrected chi connectivity index (χ3v) is 4.09. The molecule has 0 amide bonds. The number of halogens is 1. The molecule has 1 N–H and O–H groups in total. The summed E-state index contributed by atoms with van der Waals surface area (Å²) >= 11 is 0. The first-order valence-electron chi connectivity index (χ1n) is 6.50. The highest BCUT2D eigenvalue weighted by molar-refractivity contribution is 5.95. The second kappa shape index (κ2) is 4.68. The minimum absolute atomic E-state index is 0.286. The molecule has 0 radical (unpaired) electrons. The van der Waals surface area contributed by atoms with E-state index < -0.39 is 5.97 Å². The molecule has 1 aromatic rings. The van der Waals surface area contributed by atoms with Crippen LogP contribution in [-0.2, 0) is 4.74 Å². The maximum Gasteiger partial charge on any atom is 0.339 e. The molecule has 1 fully saturated rings. The third-order valence-electron chi connectivity index (χ3n) is 4.09. The number of anilines is 1. The highest BCUT2D eigenvalue weighted by atomic mass is 19.1. The van der Waals surface area contributed by atoms with Gasteiger partial charge < -0.3 is 10.1 Å². The van der Waals surface area contributed by atoms with Gasteiger partial charge in [-0.15, -0.1) is 0 Å². The SMILES string of the molecule is COC(=O)c1ccc(F)cc1NC1CC2CC=CC21. The lowest BCUT2D eigenvalue weighted by Crippen LogP contribution is -2.43. The van der Waals surface area contributed by atoms with Crippen molar-refractivity contribution in [2.24, 2.45) is 11.8 Å². The van der Waals surface area contributed by atoms with Crippen molar-refractivity contribution in [3.63, 3.8) is 0 Å². The molecule has 0 aromatic heterocycles. The van der Waals surface area contributed by atoms with Gasteiger partial charge in [-0.2, -0.15) is 0 Å². The van der Waals surface area contributed by atoms with Gasteiger partial charge in [0.2, 0.25) is 0 Å². The van der Waals surface area contributed by atoms with E-state index in [-0.39, 0.29) is 11.9 Å². The van der Waals surface area contributed by atoms with Crippen molar-refractivity contribution in [1.29, 1.82) is 0 Å². The molecule has 1 saturated carbocycles. The van der Waals surface area contributed by atoms with Crippen molar-refractivity contribution in [3.05, 3.63) is 41.7 Å². The summed E-state index contributed by atoms with van der Waals surface area (Å²) in [5, 5.41) is 3.28. The number of benzene rings is 1. The molecule has 0 aliphatic heterocycles. The van der Waals surface area contributed by atoms with Gasteiger partial charge in [0.25, 0.3) is 0 Å². The monoisotopic (exact) mass is 261 g/mol. The predicted molar refractivity (Wildman–Crippen MR) is 70.5 cm³/mol. The van der Waals surface area contributed by atoms with Crippen LogP contribution in [0.25, 0.3) is 0 Å². The van der Waals surface area contributed by atoms with Crippen molar-refractivity contribution in [2.75, 3.05) is 12.4 Å². The number of carbonyl (C=O) groups is 1. The molecular weight excluding hydrogens is 245 g/mol. The van der Waals surface area contributed by atoms with E-state index in [1.807, 2.05) is 0 Å². The smallest absolute Gasteiger partial charge is 0.339 e. The largest absolute Gasteiger partial charge is 0.465 e. The first kappa shape index (κ1) is 12.2. The van der Waals surface area contributed by atoms with Gasteiger partial charge in [0.05, 0.1) is 18.4 Å². The summed E-state index contributed by atoms with van der Waals surface area (Å²) in [4.78, 5) is 11.7. The number of nitrogens with one attached hydrogen (secondary N) is 1. The molecule has 3 nitrogen and oxygen atoms in total.